The van der Waals surface area contributed by atoms with Crippen LogP contribution in [0.15, 0.2) is 66.7 Å². The summed E-state index contributed by atoms with van der Waals surface area (Å²) in [4.78, 5) is 26.6. The number of hydrogen-bond donors (Lipinski definition) is 1. The van der Waals surface area contributed by atoms with Crippen LogP contribution in [-0.2, 0) is 11.3 Å². The Kier molecular flexibility index (Phi) is 5.43. The molecule has 1 heterocycles. The van der Waals surface area contributed by atoms with Crippen LogP contribution in [0, 0.1) is 0 Å². The van der Waals surface area contributed by atoms with E-state index < -0.39 is 0 Å². The number of carbonyl (C=O) groups is 2. The van der Waals surface area contributed by atoms with Crippen molar-refractivity contribution >= 4 is 46.4 Å². The lowest BCUT2D eigenvalue weighted by Crippen LogP contribution is -2.38. The van der Waals surface area contributed by atoms with E-state index in [-0.39, 0.29) is 18.4 Å². The molecule has 0 unspecified atom stereocenters. The van der Waals surface area contributed by atoms with Crippen molar-refractivity contribution in [3.63, 3.8) is 0 Å². The number of ether oxygens (including phenoxy) is 1. The van der Waals surface area contributed by atoms with Gasteiger partial charge in [-0.1, -0.05) is 35.3 Å². The Morgan fingerprint density at radius 2 is 1.62 bits per heavy atom. The fourth-order valence-corrected chi connectivity index (χ4v) is 3.28. The van der Waals surface area contributed by atoms with Crippen LogP contribution >= 0.6 is 23.2 Å². The summed E-state index contributed by atoms with van der Waals surface area (Å²) in [6.07, 6.45) is 0. The number of carbonyl (C=O) groups excluding carboxylic acids is 2. The molecule has 29 heavy (non-hydrogen) atoms. The highest BCUT2D eigenvalue weighted by Gasteiger charge is 2.26. The molecule has 0 radical (unpaired) electrons. The number of amides is 2. The Morgan fingerprint density at radius 1 is 0.966 bits per heavy atom. The van der Waals surface area contributed by atoms with Gasteiger partial charge in [0.1, 0.15) is 5.75 Å². The summed E-state index contributed by atoms with van der Waals surface area (Å²) < 4.78 is 5.54. The van der Waals surface area contributed by atoms with Crippen LogP contribution in [0.4, 0.5) is 11.4 Å². The molecule has 0 fully saturated rings. The van der Waals surface area contributed by atoms with Crippen molar-refractivity contribution < 1.29 is 14.3 Å². The number of rotatable bonds is 4. The average Bonchev–Trinajstić information content (AvgIpc) is 2.72. The molecule has 0 atom stereocenters. The Morgan fingerprint density at radius 3 is 2.31 bits per heavy atom. The molecular weight excluding hydrogens is 411 g/mol. The summed E-state index contributed by atoms with van der Waals surface area (Å²) in [6, 6.07) is 19.1. The minimum absolute atomic E-state index is 0.0307. The van der Waals surface area contributed by atoms with Gasteiger partial charge in [0.05, 0.1) is 12.2 Å². The van der Waals surface area contributed by atoms with Crippen molar-refractivity contribution in [2.45, 2.75) is 6.54 Å². The molecule has 0 aliphatic carbocycles. The summed E-state index contributed by atoms with van der Waals surface area (Å²) >= 11 is 11.8. The second-order valence-corrected chi connectivity index (χ2v) is 7.41. The Labute approximate surface area is 177 Å². The zero-order valence-corrected chi connectivity index (χ0v) is 16.7. The van der Waals surface area contributed by atoms with Crippen LogP contribution in [0.2, 0.25) is 10.0 Å². The van der Waals surface area contributed by atoms with E-state index in [9.17, 15) is 9.59 Å². The second-order valence-electron chi connectivity index (χ2n) is 6.54. The van der Waals surface area contributed by atoms with Gasteiger partial charge in [-0.05, 0) is 60.2 Å². The summed E-state index contributed by atoms with van der Waals surface area (Å²) in [6.45, 7) is 0.345. The zero-order chi connectivity index (χ0) is 20.4. The van der Waals surface area contributed by atoms with E-state index in [2.05, 4.69) is 5.32 Å². The largest absolute Gasteiger partial charge is 0.482 e. The van der Waals surface area contributed by atoms with E-state index in [1.165, 1.54) is 0 Å². The SMILES string of the molecule is O=C(Nc1ccc2c(c1)N(Cc1ccc(Cl)cc1)C(=O)CO2)c1ccc(Cl)cc1. The number of nitrogens with zero attached hydrogens (tertiary/aromatic N) is 1. The number of hydrogen-bond acceptors (Lipinski definition) is 3. The third-order valence-corrected chi connectivity index (χ3v) is 5.02. The van der Waals surface area contributed by atoms with Crippen LogP contribution in [-0.4, -0.2) is 18.4 Å². The fourth-order valence-electron chi connectivity index (χ4n) is 3.03. The van der Waals surface area contributed by atoms with Gasteiger partial charge >= 0.3 is 0 Å². The lowest BCUT2D eigenvalue weighted by Gasteiger charge is -2.30. The molecule has 0 aromatic heterocycles. The number of fused-ring (bicyclic) bond motifs is 1. The molecule has 3 aromatic rings. The molecule has 0 saturated carbocycles. The van der Waals surface area contributed by atoms with Crippen molar-refractivity contribution in [1.29, 1.82) is 0 Å². The predicted octanol–water partition coefficient (Wildman–Crippen LogP) is 5.17. The maximum Gasteiger partial charge on any atom is 0.265 e. The minimum Gasteiger partial charge on any atom is -0.482 e. The smallest absolute Gasteiger partial charge is 0.265 e. The highest BCUT2D eigenvalue weighted by Crippen LogP contribution is 2.35. The summed E-state index contributed by atoms with van der Waals surface area (Å²) in [5.41, 5.74) is 2.58. The van der Waals surface area contributed by atoms with Crippen LogP contribution in [0.5, 0.6) is 5.75 Å². The van der Waals surface area contributed by atoms with Crippen LogP contribution in [0.25, 0.3) is 0 Å². The average molecular weight is 427 g/mol. The van der Waals surface area contributed by atoms with Gasteiger partial charge in [-0.2, -0.15) is 0 Å². The number of nitrogens with one attached hydrogen (secondary N) is 1. The van der Waals surface area contributed by atoms with Crippen molar-refractivity contribution in [3.05, 3.63) is 87.9 Å². The highest BCUT2D eigenvalue weighted by atomic mass is 35.5. The quantitative estimate of drug-likeness (QED) is 0.625. The summed E-state index contributed by atoms with van der Waals surface area (Å²) in [5, 5.41) is 4.03. The molecule has 1 aliphatic rings. The van der Waals surface area contributed by atoms with Crippen LogP contribution < -0.4 is 15.0 Å². The van der Waals surface area contributed by atoms with Crippen LogP contribution in [0.1, 0.15) is 15.9 Å². The van der Waals surface area contributed by atoms with Crippen molar-refractivity contribution in [2.24, 2.45) is 0 Å². The van der Waals surface area contributed by atoms with Gasteiger partial charge in [-0.3, -0.25) is 9.59 Å². The number of anilines is 2. The topological polar surface area (TPSA) is 58.6 Å². The fraction of sp³-hybridized carbons (Fsp3) is 0.0909. The molecule has 0 saturated heterocycles. The van der Waals surface area contributed by atoms with Gasteiger partial charge in [0.15, 0.2) is 6.61 Å². The number of halogens is 2. The molecule has 2 amide bonds. The second kappa shape index (κ2) is 8.15. The summed E-state index contributed by atoms with van der Waals surface area (Å²) in [5.74, 6) is 0.158. The number of benzene rings is 3. The first-order chi connectivity index (χ1) is 14.0. The van der Waals surface area contributed by atoms with Crippen molar-refractivity contribution in [3.8, 4) is 5.75 Å². The monoisotopic (exact) mass is 426 g/mol. The molecular formula is C22H16Cl2N2O3. The van der Waals surface area contributed by atoms with E-state index in [1.54, 1.807) is 59.5 Å². The molecule has 1 aliphatic heterocycles. The van der Waals surface area contributed by atoms with Gasteiger partial charge in [0.2, 0.25) is 0 Å². The first-order valence-corrected chi connectivity index (χ1v) is 9.64. The molecule has 4 rings (SSSR count). The van der Waals surface area contributed by atoms with Gasteiger partial charge in [0.25, 0.3) is 11.8 Å². The molecule has 0 spiro atoms. The maximum atomic E-state index is 12.5. The van der Waals surface area contributed by atoms with E-state index in [4.69, 9.17) is 27.9 Å². The van der Waals surface area contributed by atoms with E-state index in [0.717, 1.165) is 5.56 Å². The third kappa shape index (κ3) is 4.36. The summed E-state index contributed by atoms with van der Waals surface area (Å²) in [7, 11) is 0. The Balaban J connectivity index is 1.59. The normalized spacial score (nSPS) is 12.9. The maximum absolute atomic E-state index is 12.5. The lowest BCUT2D eigenvalue weighted by molar-refractivity contribution is -0.121. The first kappa shape index (κ1) is 19.3. The molecule has 0 bridgehead atoms. The molecule has 1 N–H and O–H groups in total. The Bertz CT molecular complexity index is 1070. The predicted molar refractivity (Wildman–Crippen MR) is 114 cm³/mol. The standard InChI is InChI=1S/C22H16Cl2N2O3/c23-16-5-1-14(2-6-16)12-26-19-11-18(9-10-20(19)29-13-21(26)27)25-22(28)15-3-7-17(24)8-4-15/h1-11H,12-13H2,(H,25,28). The van der Waals surface area contributed by atoms with Crippen molar-refractivity contribution in [1.82, 2.24) is 0 Å². The zero-order valence-electron chi connectivity index (χ0n) is 15.2. The molecule has 3 aromatic carbocycles. The van der Waals surface area contributed by atoms with Gasteiger partial charge in [-0.15, -0.1) is 0 Å². The Hall–Kier alpha value is -3.02. The minimum atomic E-state index is -0.270. The van der Waals surface area contributed by atoms with Gasteiger partial charge in [0, 0.05) is 21.3 Å². The first-order valence-electron chi connectivity index (χ1n) is 8.88. The molecule has 146 valence electrons. The lowest BCUT2D eigenvalue weighted by atomic mass is 10.1. The van der Waals surface area contributed by atoms with Gasteiger partial charge in [-0.25, -0.2) is 0 Å². The van der Waals surface area contributed by atoms with Crippen LogP contribution in [0.3, 0.4) is 0 Å². The third-order valence-electron chi connectivity index (χ3n) is 4.52. The highest BCUT2D eigenvalue weighted by molar-refractivity contribution is 6.31. The van der Waals surface area contributed by atoms with E-state index >= 15 is 0 Å². The van der Waals surface area contributed by atoms with E-state index in [0.29, 0.717) is 39.3 Å². The van der Waals surface area contributed by atoms with Gasteiger partial charge < -0.3 is 15.0 Å². The van der Waals surface area contributed by atoms with E-state index in [1.807, 2.05) is 12.1 Å². The molecule has 7 heteroatoms. The van der Waals surface area contributed by atoms with Crippen molar-refractivity contribution in [2.75, 3.05) is 16.8 Å². The molecule has 5 nitrogen and oxygen atoms in total.